The van der Waals surface area contributed by atoms with Crippen LogP contribution in [0.5, 0.6) is 0 Å². The molecule has 1 aliphatic carbocycles. The molecule has 1 aliphatic rings. The van der Waals surface area contributed by atoms with E-state index in [1.165, 1.54) is 11.3 Å². The second-order valence-electron chi connectivity index (χ2n) is 9.13. The molecule has 11 heteroatoms. The first-order valence-corrected chi connectivity index (χ1v) is 13.5. The van der Waals surface area contributed by atoms with Gasteiger partial charge in [-0.05, 0) is 77.0 Å². The van der Waals surface area contributed by atoms with E-state index in [4.69, 9.17) is 0 Å². The number of rotatable bonds is 6. The van der Waals surface area contributed by atoms with Gasteiger partial charge < -0.3 is 10.4 Å². The van der Waals surface area contributed by atoms with Gasteiger partial charge in [-0.15, -0.1) is 11.3 Å². The van der Waals surface area contributed by atoms with Crippen LogP contribution in [0.15, 0.2) is 47.4 Å². The number of thiophene rings is 1. The summed E-state index contributed by atoms with van der Waals surface area (Å²) in [5.74, 6) is -1.02. The largest absolute Gasteiger partial charge is 0.481 e. The van der Waals surface area contributed by atoms with Crippen molar-refractivity contribution in [2.75, 3.05) is 5.32 Å². The number of aryl methyl sites for hydroxylation is 1. The Morgan fingerprint density at radius 2 is 1.84 bits per heavy atom. The fourth-order valence-corrected chi connectivity index (χ4v) is 6.66. The van der Waals surface area contributed by atoms with E-state index in [-0.39, 0.29) is 5.95 Å². The van der Waals surface area contributed by atoms with Gasteiger partial charge in [-0.25, -0.2) is 15.0 Å². The summed E-state index contributed by atoms with van der Waals surface area (Å²) in [4.78, 5) is 25.2. The number of nitrogens with one attached hydrogen (secondary N) is 1. The first-order valence-electron chi connectivity index (χ1n) is 11.7. The van der Waals surface area contributed by atoms with Crippen LogP contribution in [-0.4, -0.2) is 26.0 Å². The molecule has 0 saturated heterocycles. The van der Waals surface area contributed by atoms with E-state index in [1.807, 2.05) is 29.8 Å². The molecule has 37 heavy (non-hydrogen) atoms. The smallest absolute Gasteiger partial charge is 0.433 e. The van der Waals surface area contributed by atoms with Crippen LogP contribution in [0.25, 0.3) is 21.6 Å². The van der Waals surface area contributed by atoms with E-state index in [0.717, 1.165) is 58.7 Å². The zero-order valence-electron chi connectivity index (χ0n) is 19.8. The zero-order chi connectivity index (χ0) is 26.2. The highest BCUT2D eigenvalue weighted by atomic mass is 32.1. The fraction of sp³-hybridized carbons (Fsp3) is 0.308. The third-order valence-electron chi connectivity index (χ3n) is 6.62. The molecule has 4 aromatic rings. The second kappa shape index (κ2) is 9.86. The van der Waals surface area contributed by atoms with Crippen molar-refractivity contribution in [3.05, 3.63) is 63.7 Å². The lowest BCUT2D eigenvalue weighted by Gasteiger charge is -2.31. The van der Waals surface area contributed by atoms with Gasteiger partial charge in [0.2, 0.25) is 5.95 Å². The Balaban J connectivity index is 1.56. The Labute approximate surface area is 219 Å². The second-order valence-corrected chi connectivity index (χ2v) is 10.9. The molecule has 5 rings (SSSR count). The van der Waals surface area contributed by atoms with Gasteiger partial charge in [-0.1, -0.05) is 19.3 Å². The summed E-state index contributed by atoms with van der Waals surface area (Å²) in [6.45, 7) is 1.99. The summed E-state index contributed by atoms with van der Waals surface area (Å²) in [6, 6.07) is 6.44. The van der Waals surface area contributed by atoms with Crippen molar-refractivity contribution in [2.45, 2.75) is 50.6 Å². The predicted molar refractivity (Wildman–Crippen MR) is 138 cm³/mol. The highest BCUT2D eigenvalue weighted by Gasteiger charge is 2.44. The topological polar surface area (TPSA) is 88.0 Å². The SMILES string of the molecule is Cc1cscc1-c1cc(Nc2nccc(C(F)(F)F)n2)cc(-c2cnc(C3(C(=O)O)CCCCC3)s2)c1. The number of hydrogen-bond donors (Lipinski definition) is 2. The Morgan fingerprint density at radius 1 is 1.08 bits per heavy atom. The molecule has 2 N–H and O–H groups in total. The van der Waals surface area contributed by atoms with Gasteiger partial charge in [0.1, 0.15) is 16.1 Å². The van der Waals surface area contributed by atoms with Crippen LogP contribution in [0.1, 0.15) is 48.4 Å². The van der Waals surface area contributed by atoms with Crippen LogP contribution in [0.3, 0.4) is 0 Å². The van der Waals surface area contributed by atoms with Crippen molar-refractivity contribution in [3.63, 3.8) is 0 Å². The number of halogens is 3. The predicted octanol–water partition coefficient (Wildman–Crippen LogP) is 7.69. The third kappa shape index (κ3) is 5.10. The number of alkyl halides is 3. The van der Waals surface area contributed by atoms with E-state index < -0.39 is 23.3 Å². The van der Waals surface area contributed by atoms with Gasteiger partial charge in [0.15, 0.2) is 0 Å². The van der Waals surface area contributed by atoms with Crippen molar-refractivity contribution in [1.29, 1.82) is 0 Å². The number of benzene rings is 1. The minimum atomic E-state index is -4.58. The lowest BCUT2D eigenvalue weighted by atomic mass is 9.74. The van der Waals surface area contributed by atoms with Crippen molar-refractivity contribution >= 4 is 40.3 Å². The monoisotopic (exact) mass is 544 g/mol. The molecule has 0 atom stereocenters. The van der Waals surface area contributed by atoms with E-state index in [1.54, 1.807) is 23.6 Å². The highest BCUT2D eigenvalue weighted by molar-refractivity contribution is 7.15. The molecule has 1 saturated carbocycles. The maximum atomic E-state index is 13.2. The van der Waals surface area contributed by atoms with Crippen molar-refractivity contribution in [1.82, 2.24) is 15.0 Å². The molecule has 0 spiro atoms. The summed E-state index contributed by atoms with van der Waals surface area (Å²) < 4.78 is 39.5. The number of thiazole rings is 1. The number of hydrogen-bond acceptors (Lipinski definition) is 7. The maximum absolute atomic E-state index is 13.2. The summed E-state index contributed by atoms with van der Waals surface area (Å²) in [7, 11) is 0. The Bertz CT molecular complexity index is 1440. The summed E-state index contributed by atoms with van der Waals surface area (Å²) in [6.07, 6.45) is 1.99. The molecular weight excluding hydrogens is 521 g/mol. The number of carboxylic acids is 1. The molecule has 192 valence electrons. The van der Waals surface area contributed by atoms with Crippen LogP contribution in [-0.2, 0) is 16.4 Å². The minimum Gasteiger partial charge on any atom is -0.481 e. The molecule has 0 unspecified atom stereocenters. The molecule has 3 aromatic heterocycles. The molecule has 1 fully saturated rings. The lowest BCUT2D eigenvalue weighted by molar-refractivity contribution is -0.145. The highest BCUT2D eigenvalue weighted by Crippen LogP contribution is 2.44. The molecule has 1 aromatic carbocycles. The molecule has 3 heterocycles. The number of anilines is 2. The molecule has 0 amide bonds. The third-order valence-corrected chi connectivity index (χ3v) is 8.73. The van der Waals surface area contributed by atoms with E-state index in [9.17, 15) is 23.1 Å². The van der Waals surface area contributed by atoms with Crippen molar-refractivity contribution in [2.24, 2.45) is 0 Å². The van der Waals surface area contributed by atoms with E-state index >= 15 is 0 Å². The molecule has 6 nitrogen and oxygen atoms in total. The van der Waals surface area contributed by atoms with E-state index in [2.05, 4.69) is 20.3 Å². The van der Waals surface area contributed by atoms with Gasteiger partial charge >= 0.3 is 12.1 Å². The van der Waals surface area contributed by atoms with Gasteiger partial charge in [-0.2, -0.15) is 24.5 Å². The van der Waals surface area contributed by atoms with Crippen molar-refractivity contribution in [3.8, 4) is 21.6 Å². The summed E-state index contributed by atoms with van der Waals surface area (Å²) in [5, 5.41) is 17.6. The number of aliphatic carboxylic acids is 1. The number of carbonyl (C=O) groups is 1. The van der Waals surface area contributed by atoms with E-state index in [0.29, 0.717) is 23.5 Å². The Kier molecular flexibility index (Phi) is 6.76. The average molecular weight is 545 g/mol. The van der Waals surface area contributed by atoms with Gasteiger partial charge in [0.25, 0.3) is 0 Å². The average Bonchev–Trinajstić information content (AvgIpc) is 3.54. The van der Waals surface area contributed by atoms with Crippen LogP contribution in [0.4, 0.5) is 24.8 Å². The van der Waals surface area contributed by atoms with Gasteiger partial charge in [0, 0.05) is 18.1 Å². The van der Waals surface area contributed by atoms with Crippen molar-refractivity contribution < 1.29 is 23.1 Å². The number of nitrogens with zero attached hydrogens (tertiary/aromatic N) is 3. The van der Waals surface area contributed by atoms with Crippen LogP contribution >= 0.6 is 22.7 Å². The standard InChI is InChI=1S/C26H23F3N4O2S2/c1-15-13-36-14-19(15)16-9-17(11-18(10-16)32-24-30-8-5-21(33-24)26(27,28)29)20-12-31-22(37-20)25(23(34)35)6-3-2-4-7-25/h5,8-14H,2-4,6-7H2,1H3,(H,34,35)(H,30,32,33). The Morgan fingerprint density at radius 3 is 2.51 bits per heavy atom. The normalized spacial score (nSPS) is 15.5. The summed E-state index contributed by atoms with van der Waals surface area (Å²) >= 11 is 2.91. The number of carboxylic acid groups (broad SMARTS) is 1. The van der Waals surface area contributed by atoms with Crippen LogP contribution in [0, 0.1) is 6.92 Å². The fourth-order valence-electron chi connectivity index (χ4n) is 4.66. The lowest BCUT2D eigenvalue weighted by Crippen LogP contribution is -2.37. The first kappa shape index (κ1) is 25.3. The quantitative estimate of drug-likeness (QED) is 0.259. The molecule has 0 bridgehead atoms. The van der Waals surface area contributed by atoms with Crippen LogP contribution < -0.4 is 5.32 Å². The Hall–Kier alpha value is -3.31. The first-order chi connectivity index (χ1) is 17.7. The molecule has 0 radical (unpaired) electrons. The number of aromatic nitrogens is 3. The maximum Gasteiger partial charge on any atom is 0.433 e. The molecule has 0 aliphatic heterocycles. The zero-order valence-corrected chi connectivity index (χ0v) is 21.4. The summed E-state index contributed by atoms with van der Waals surface area (Å²) in [5.41, 5.74) is 2.21. The minimum absolute atomic E-state index is 0.169. The van der Waals surface area contributed by atoms with Crippen LogP contribution in [0.2, 0.25) is 0 Å². The van der Waals surface area contributed by atoms with Gasteiger partial charge in [0.05, 0.1) is 4.88 Å². The van der Waals surface area contributed by atoms with Gasteiger partial charge in [-0.3, -0.25) is 4.79 Å². The molecular formula is C26H23F3N4O2S2.